The maximum Gasteiger partial charge on any atom is 0.228 e. The predicted molar refractivity (Wildman–Crippen MR) is 103 cm³/mol. The van der Waals surface area contributed by atoms with E-state index in [1.807, 2.05) is 30.2 Å². The molecule has 7 nitrogen and oxygen atoms in total. The van der Waals surface area contributed by atoms with Crippen molar-refractivity contribution in [3.05, 3.63) is 41.7 Å². The summed E-state index contributed by atoms with van der Waals surface area (Å²) < 4.78 is 13.2. The van der Waals surface area contributed by atoms with Crippen molar-refractivity contribution in [3.63, 3.8) is 0 Å². The molecule has 3 atom stereocenters. The van der Waals surface area contributed by atoms with Gasteiger partial charge in [-0.2, -0.15) is 5.10 Å². The van der Waals surface area contributed by atoms with Gasteiger partial charge in [-0.15, -0.1) is 0 Å². The standard InChI is InChI=1S/C21H26N4O3/c1-24-13-15(10-23-24)16-11-22-12-17(16)21(26)25-6-2-3-18(25)14-4-5-19-20(9-14)28-8-7-27-19/h4-5,9-10,13,16-18,22H,2-3,6-8,11-12H2,1H3/t16-,17+,18?/m1/s1. The molecular weight excluding hydrogens is 356 g/mol. The van der Waals surface area contributed by atoms with Crippen LogP contribution in [0.15, 0.2) is 30.6 Å². The molecule has 1 unspecified atom stereocenters. The van der Waals surface area contributed by atoms with Gasteiger partial charge in [-0.05, 0) is 36.1 Å². The number of hydrogen-bond acceptors (Lipinski definition) is 5. The van der Waals surface area contributed by atoms with Crippen molar-refractivity contribution in [2.24, 2.45) is 13.0 Å². The number of fused-ring (bicyclic) bond motifs is 1. The molecule has 28 heavy (non-hydrogen) atoms. The fraction of sp³-hybridized carbons (Fsp3) is 0.524. The number of nitrogens with zero attached hydrogens (tertiary/aromatic N) is 3. The number of aromatic nitrogens is 2. The maximum absolute atomic E-state index is 13.5. The minimum absolute atomic E-state index is 0.0398. The first-order chi connectivity index (χ1) is 13.7. The zero-order chi connectivity index (χ0) is 19.1. The first-order valence-electron chi connectivity index (χ1n) is 10.1. The van der Waals surface area contributed by atoms with Crippen molar-refractivity contribution in [2.75, 3.05) is 32.8 Å². The summed E-state index contributed by atoms with van der Waals surface area (Å²) in [4.78, 5) is 15.6. The van der Waals surface area contributed by atoms with E-state index in [0.717, 1.165) is 55.1 Å². The highest BCUT2D eigenvalue weighted by Gasteiger charge is 2.40. The van der Waals surface area contributed by atoms with E-state index in [1.165, 1.54) is 0 Å². The molecule has 0 radical (unpaired) electrons. The van der Waals surface area contributed by atoms with Crippen molar-refractivity contribution in [1.29, 1.82) is 0 Å². The highest BCUT2D eigenvalue weighted by atomic mass is 16.6. The Morgan fingerprint density at radius 2 is 2.04 bits per heavy atom. The molecule has 4 heterocycles. The SMILES string of the molecule is Cn1cc([C@H]2CNC[C@@H]2C(=O)N2CCCC2c2ccc3c(c2)OCCO3)cn1. The Bertz CT molecular complexity index is 880. The number of rotatable bonds is 3. The Kier molecular flexibility index (Phi) is 4.47. The van der Waals surface area contributed by atoms with Crippen LogP contribution in [-0.2, 0) is 11.8 Å². The van der Waals surface area contributed by atoms with Gasteiger partial charge in [-0.1, -0.05) is 6.07 Å². The van der Waals surface area contributed by atoms with Crippen LogP contribution in [0.3, 0.4) is 0 Å². The number of ether oxygens (including phenoxy) is 2. The molecule has 3 aliphatic heterocycles. The Morgan fingerprint density at radius 1 is 1.18 bits per heavy atom. The lowest BCUT2D eigenvalue weighted by Gasteiger charge is -2.30. The van der Waals surface area contributed by atoms with Gasteiger partial charge in [0.2, 0.25) is 5.91 Å². The molecule has 0 saturated carbocycles. The zero-order valence-corrected chi connectivity index (χ0v) is 16.1. The second-order valence-electron chi connectivity index (χ2n) is 7.91. The number of carbonyl (C=O) groups is 1. The van der Waals surface area contributed by atoms with E-state index in [2.05, 4.69) is 27.4 Å². The molecule has 0 spiro atoms. The maximum atomic E-state index is 13.5. The fourth-order valence-electron chi connectivity index (χ4n) is 4.78. The van der Waals surface area contributed by atoms with E-state index < -0.39 is 0 Å². The van der Waals surface area contributed by atoms with Crippen LogP contribution in [0.2, 0.25) is 0 Å². The molecule has 0 bridgehead atoms. The molecule has 1 N–H and O–H groups in total. The number of carbonyl (C=O) groups excluding carboxylic acids is 1. The number of aryl methyl sites for hydroxylation is 1. The summed E-state index contributed by atoms with van der Waals surface area (Å²) in [6.45, 7) is 3.52. The lowest BCUT2D eigenvalue weighted by molar-refractivity contribution is -0.136. The highest BCUT2D eigenvalue weighted by Crippen LogP contribution is 2.40. The molecular formula is C21H26N4O3. The Balaban J connectivity index is 1.38. The van der Waals surface area contributed by atoms with Gasteiger partial charge in [0.1, 0.15) is 13.2 Å². The van der Waals surface area contributed by atoms with Gasteiger partial charge >= 0.3 is 0 Å². The van der Waals surface area contributed by atoms with E-state index in [4.69, 9.17) is 9.47 Å². The smallest absolute Gasteiger partial charge is 0.228 e. The van der Waals surface area contributed by atoms with Crippen LogP contribution in [0, 0.1) is 5.92 Å². The van der Waals surface area contributed by atoms with E-state index in [1.54, 1.807) is 0 Å². The van der Waals surface area contributed by atoms with Crippen molar-refractivity contribution in [3.8, 4) is 11.5 Å². The van der Waals surface area contributed by atoms with E-state index in [9.17, 15) is 4.79 Å². The highest BCUT2D eigenvalue weighted by molar-refractivity contribution is 5.81. The molecule has 7 heteroatoms. The van der Waals surface area contributed by atoms with Crippen molar-refractivity contribution in [2.45, 2.75) is 24.8 Å². The second-order valence-corrected chi connectivity index (χ2v) is 7.91. The van der Waals surface area contributed by atoms with Gasteiger partial charge in [-0.25, -0.2) is 0 Å². The minimum Gasteiger partial charge on any atom is -0.486 e. The molecule has 148 valence electrons. The van der Waals surface area contributed by atoms with Crippen LogP contribution in [0.5, 0.6) is 11.5 Å². The summed E-state index contributed by atoms with van der Waals surface area (Å²) in [5.74, 6) is 1.97. The third-order valence-electron chi connectivity index (χ3n) is 6.17. The average Bonchev–Trinajstić information content (AvgIpc) is 3.47. The van der Waals surface area contributed by atoms with Gasteiger partial charge in [0.15, 0.2) is 11.5 Å². The number of likely N-dealkylation sites (tertiary alicyclic amines) is 1. The second kappa shape index (κ2) is 7.13. The average molecular weight is 382 g/mol. The first-order valence-corrected chi connectivity index (χ1v) is 10.1. The van der Waals surface area contributed by atoms with E-state index in [0.29, 0.717) is 13.2 Å². The molecule has 1 amide bonds. The molecule has 3 aliphatic rings. The summed E-state index contributed by atoms with van der Waals surface area (Å²) in [6.07, 6.45) is 5.94. The lowest BCUT2D eigenvalue weighted by atomic mass is 9.89. The van der Waals surface area contributed by atoms with Gasteiger partial charge in [0.25, 0.3) is 0 Å². The molecule has 5 rings (SSSR count). The molecule has 2 saturated heterocycles. The number of hydrogen-bond donors (Lipinski definition) is 1. The topological polar surface area (TPSA) is 68.6 Å². The van der Waals surface area contributed by atoms with Crippen LogP contribution in [0.25, 0.3) is 0 Å². The van der Waals surface area contributed by atoms with Gasteiger partial charge < -0.3 is 19.7 Å². The molecule has 1 aromatic carbocycles. The van der Waals surface area contributed by atoms with E-state index >= 15 is 0 Å². The van der Waals surface area contributed by atoms with Crippen molar-refractivity contribution >= 4 is 5.91 Å². The van der Waals surface area contributed by atoms with Gasteiger partial charge in [-0.3, -0.25) is 9.48 Å². The largest absolute Gasteiger partial charge is 0.486 e. The summed E-state index contributed by atoms with van der Waals surface area (Å²) >= 11 is 0. The Hall–Kier alpha value is -2.54. The Labute approximate surface area is 164 Å². The van der Waals surface area contributed by atoms with Gasteiger partial charge in [0, 0.05) is 38.8 Å². The van der Waals surface area contributed by atoms with Gasteiger partial charge in [0.05, 0.1) is 18.2 Å². The molecule has 0 aliphatic carbocycles. The number of nitrogens with one attached hydrogen (secondary N) is 1. The summed E-state index contributed by atoms with van der Waals surface area (Å²) in [7, 11) is 1.92. The summed E-state index contributed by atoms with van der Waals surface area (Å²) in [6, 6.07) is 6.21. The summed E-state index contributed by atoms with van der Waals surface area (Å²) in [5, 5.41) is 7.70. The molecule has 2 aromatic rings. The van der Waals surface area contributed by atoms with Crippen LogP contribution in [0.1, 0.15) is 35.9 Å². The summed E-state index contributed by atoms with van der Waals surface area (Å²) in [5.41, 5.74) is 2.28. The normalized spacial score (nSPS) is 26.6. The number of amides is 1. The third kappa shape index (κ3) is 3.03. The van der Waals surface area contributed by atoms with E-state index in [-0.39, 0.29) is 23.8 Å². The third-order valence-corrected chi connectivity index (χ3v) is 6.17. The lowest BCUT2D eigenvalue weighted by Crippen LogP contribution is -2.38. The van der Waals surface area contributed by atoms with Crippen LogP contribution < -0.4 is 14.8 Å². The predicted octanol–water partition coefficient (Wildman–Crippen LogP) is 1.86. The zero-order valence-electron chi connectivity index (χ0n) is 16.1. The minimum atomic E-state index is -0.0398. The quantitative estimate of drug-likeness (QED) is 0.878. The fourth-order valence-corrected chi connectivity index (χ4v) is 4.78. The Morgan fingerprint density at radius 3 is 2.86 bits per heavy atom. The van der Waals surface area contributed by atoms with Crippen molar-refractivity contribution in [1.82, 2.24) is 20.0 Å². The monoisotopic (exact) mass is 382 g/mol. The van der Waals surface area contributed by atoms with Crippen LogP contribution in [0.4, 0.5) is 0 Å². The number of benzene rings is 1. The van der Waals surface area contributed by atoms with Crippen LogP contribution in [-0.4, -0.2) is 53.4 Å². The molecule has 2 fully saturated rings. The molecule has 1 aromatic heterocycles. The van der Waals surface area contributed by atoms with Crippen LogP contribution >= 0.6 is 0 Å². The first kappa shape index (κ1) is 17.6. The van der Waals surface area contributed by atoms with Crippen molar-refractivity contribution < 1.29 is 14.3 Å².